The molecule has 4 rings (SSSR count). The van der Waals surface area contributed by atoms with Crippen LogP contribution in [-0.2, 0) is 9.53 Å². The molecule has 0 aromatic carbocycles. The number of rotatable bonds is 7. The molecule has 2 aromatic heterocycles. The lowest BCUT2D eigenvalue weighted by Gasteiger charge is -2.33. The number of nitrogens with one attached hydrogen (secondary N) is 1. The zero-order chi connectivity index (χ0) is 20.1. The van der Waals surface area contributed by atoms with Crippen molar-refractivity contribution in [3.05, 3.63) is 54.2 Å². The van der Waals surface area contributed by atoms with Crippen molar-refractivity contribution in [3.8, 4) is 0 Å². The van der Waals surface area contributed by atoms with Crippen LogP contribution in [0.5, 0.6) is 0 Å². The zero-order valence-corrected chi connectivity index (χ0v) is 16.5. The fraction of sp³-hybridized carbons (Fsp3) is 0.500. The Morgan fingerprint density at radius 3 is 2.59 bits per heavy atom. The van der Waals surface area contributed by atoms with E-state index in [0.717, 1.165) is 44.1 Å². The monoisotopic (exact) mass is 397 g/mol. The van der Waals surface area contributed by atoms with Crippen molar-refractivity contribution in [2.75, 3.05) is 13.2 Å². The van der Waals surface area contributed by atoms with Crippen molar-refractivity contribution in [1.29, 1.82) is 0 Å². The van der Waals surface area contributed by atoms with Gasteiger partial charge in [-0.15, -0.1) is 0 Å². The van der Waals surface area contributed by atoms with Gasteiger partial charge in [-0.1, -0.05) is 12.8 Å². The molecule has 0 bridgehead atoms. The van der Waals surface area contributed by atoms with Gasteiger partial charge >= 0.3 is 0 Å². The van der Waals surface area contributed by atoms with Gasteiger partial charge in [0, 0.05) is 31.6 Å². The molecule has 1 N–H and O–H groups in total. The molecule has 2 aromatic rings. The summed E-state index contributed by atoms with van der Waals surface area (Å²) in [7, 11) is 0. The van der Waals surface area contributed by atoms with E-state index >= 15 is 0 Å². The molecule has 0 spiro atoms. The van der Waals surface area contributed by atoms with Crippen LogP contribution in [0.25, 0.3) is 0 Å². The van der Waals surface area contributed by atoms with Crippen molar-refractivity contribution in [3.63, 3.8) is 0 Å². The summed E-state index contributed by atoms with van der Waals surface area (Å²) in [5.74, 6) is -0.259. The van der Waals surface area contributed by atoms with Gasteiger partial charge in [0.2, 0.25) is 5.91 Å². The van der Waals surface area contributed by atoms with E-state index in [-0.39, 0.29) is 29.7 Å². The molecule has 2 atom stereocenters. The van der Waals surface area contributed by atoms with Gasteiger partial charge in [-0.05, 0) is 55.5 Å². The molecule has 154 valence electrons. The molecule has 1 aliphatic carbocycles. The first-order valence-corrected chi connectivity index (χ1v) is 10.4. The van der Waals surface area contributed by atoms with E-state index < -0.39 is 6.04 Å². The first kappa shape index (κ1) is 19.6. The van der Waals surface area contributed by atoms with Gasteiger partial charge < -0.3 is 19.4 Å². The Labute approximate surface area is 170 Å². The number of furan rings is 1. The van der Waals surface area contributed by atoms with E-state index in [2.05, 4.69) is 10.3 Å². The summed E-state index contributed by atoms with van der Waals surface area (Å²) in [6, 6.07) is 6.28. The van der Waals surface area contributed by atoms with Crippen molar-refractivity contribution in [1.82, 2.24) is 15.2 Å². The van der Waals surface area contributed by atoms with Crippen LogP contribution in [-0.4, -0.2) is 47.0 Å². The highest BCUT2D eigenvalue weighted by atomic mass is 16.5. The lowest BCUT2D eigenvalue weighted by Crippen LogP contribution is -2.48. The van der Waals surface area contributed by atoms with Gasteiger partial charge in [0.05, 0.1) is 12.4 Å². The fourth-order valence-electron chi connectivity index (χ4n) is 4.22. The summed E-state index contributed by atoms with van der Waals surface area (Å²) >= 11 is 0. The third-order valence-electron chi connectivity index (χ3n) is 5.70. The molecule has 7 nitrogen and oxygen atoms in total. The van der Waals surface area contributed by atoms with Crippen LogP contribution in [0.2, 0.25) is 0 Å². The van der Waals surface area contributed by atoms with E-state index in [9.17, 15) is 9.59 Å². The van der Waals surface area contributed by atoms with E-state index in [1.165, 1.54) is 6.26 Å². The first-order valence-electron chi connectivity index (χ1n) is 10.4. The van der Waals surface area contributed by atoms with Crippen molar-refractivity contribution < 1.29 is 18.7 Å². The maximum Gasteiger partial charge on any atom is 0.290 e. The highest BCUT2D eigenvalue weighted by molar-refractivity contribution is 5.96. The van der Waals surface area contributed by atoms with Crippen molar-refractivity contribution in [2.24, 2.45) is 0 Å². The molecular formula is C22H27N3O4. The smallest absolute Gasteiger partial charge is 0.290 e. The van der Waals surface area contributed by atoms with Crippen molar-refractivity contribution >= 4 is 11.8 Å². The predicted molar refractivity (Wildman–Crippen MR) is 106 cm³/mol. The lowest BCUT2D eigenvalue weighted by atomic mass is 10.0. The summed E-state index contributed by atoms with van der Waals surface area (Å²) in [6.07, 6.45) is 10.7. The van der Waals surface area contributed by atoms with E-state index in [4.69, 9.17) is 9.15 Å². The molecule has 0 radical (unpaired) electrons. The Morgan fingerprint density at radius 1 is 1.14 bits per heavy atom. The molecule has 2 fully saturated rings. The average molecular weight is 397 g/mol. The molecule has 2 amide bonds. The van der Waals surface area contributed by atoms with Crippen LogP contribution in [0.15, 0.2) is 47.3 Å². The minimum Gasteiger partial charge on any atom is -0.459 e. The summed E-state index contributed by atoms with van der Waals surface area (Å²) in [5.41, 5.74) is 0.730. The number of ether oxygens (including phenoxy) is 1. The number of hydrogen-bond donors (Lipinski definition) is 1. The third kappa shape index (κ3) is 4.67. The van der Waals surface area contributed by atoms with Crippen LogP contribution in [0, 0.1) is 0 Å². The minimum absolute atomic E-state index is 0.0856. The SMILES string of the molecule is O=C(NC1CCCC1)[C@H](c1ccncc1)N(C[C@@H]1CCCO1)C(=O)c1ccco1. The molecule has 3 heterocycles. The lowest BCUT2D eigenvalue weighted by molar-refractivity contribution is -0.127. The van der Waals surface area contributed by atoms with Crippen LogP contribution in [0.3, 0.4) is 0 Å². The van der Waals surface area contributed by atoms with Crippen LogP contribution >= 0.6 is 0 Å². The molecule has 7 heteroatoms. The van der Waals surface area contributed by atoms with Gasteiger partial charge in [0.25, 0.3) is 5.91 Å². The largest absolute Gasteiger partial charge is 0.459 e. The normalized spacial score (nSPS) is 20.5. The van der Waals surface area contributed by atoms with E-state index in [0.29, 0.717) is 13.2 Å². The van der Waals surface area contributed by atoms with Crippen molar-refractivity contribution in [2.45, 2.75) is 56.7 Å². The number of nitrogens with zero attached hydrogens (tertiary/aromatic N) is 2. The zero-order valence-electron chi connectivity index (χ0n) is 16.5. The second-order valence-corrected chi connectivity index (χ2v) is 7.74. The van der Waals surface area contributed by atoms with Gasteiger partial charge in [0.15, 0.2) is 5.76 Å². The maximum absolute atomic E-state index is 13.4. The Bertz CT molecular complexity index is 797. The highest BCUT2D eigenvalue weighted by Gasteiger charge is 2.36. The summed E-state index contributed by atoms with van der Waals surface area (Å²) in [6.45, 7) is 1.02. The standard InChI is InChI=1S/C22H27N3O4/c26-21(24-17-5-1-2-6-17)20(16-9-11-23-12-10-16)25(15-18-7-3-13-28-18)22(27)19-8-4-14-29-19/h4,8-12,14,17-18,20H,1-3,5-7,13,15H2,(H,24,26)/t18-,20-/m0/s1. The molecular weight excluding hydrogens is 370 g/mol. The number of hydrogen-bond acceptors (Lipinski definition) is 5. The van der Waals surface area contributed by atoms with Gasteiger partial charge in [-0.2, -0.15) is 0 Å². The number of carbonyl (C=O) groups is 2. The molecule has 1 aliphatic heterocycles. The molecule has 1 saturated carbocycles. The molecule has 2 aliphatic rings. The van der Waals surface area contributed by atoms with E-state index in [1.807, 2.05) is 0 Å². The second-order valence-electron chi connectivity index (χ2n) is 7.74. The Hall–Kier alpha value is -2.67. The van der Waals surface area contributed by atoms with Crippen LogP contribution < -0.4 is 5.32 Å². The number of amides is 2. The Kier molecular flexibility index (Phi) is 6.24. The Balaban J connectivity index is 1.65. The second kappa shape index (κ2) is 9.22. The maximum atomic E-state index is 13.4. The molecule has 0 unspecified atom stereocenters. The number of carbonyl (C=O) groups excluding carboxylic acids is 2. The van der Waals surface area contributed by atoms with Gasteiger partial charge in [-0.25, -0.2) is 0 Å². The molecule has 29 heavy (non-hydrogen) atoms. The van der Waals surface area contributed by atoms with Crippen LogP contribution in [0.4, 0.5) is 0 Å². The predicted octanol–water partition coefficient (Wildman–Crippen LogP) is 3.10. The number of pyridine rings is 1. The van der Waals surface area contributed by atoms with E-state index in [1.54, 1.807) is 41.6 Å². The van der Waals surface area contributed by atoms with Gasteiger partial charge in [0.1, 0.15) is 6.04 Å². The number of aromatic nitrogens is 1. The molecule has 1 saturated heterocycles. The topological polar surface area (TPSA) is 84.7 Å². The van der Waals surface area contributed by atoms with Gasteiger partial charge in [-0.3, -0.25) is 14.6 Å². The minimum atomic E-state index is -0.764. The summed E-state index contributed by atoms with van der Waals surface area (Å²) < 4.78 is 11.1. The quantitative estimate of drug-likeness (QED) is 0.776. The summed E-state index contributed by atoms with van der Waals surface area (Å²) in [5, 5.41) is 3.16. The average Bonchev–Trinajstić information content (AvgIpc) is 3.51. The first-order chi connectivity index (χ1) is 14.2. The fourth-order valence-corrected chi connectivity index (χ4v) is 4.22. The third-order valence-corrected chi connectivity index (χ3v) is 5.70. The summed E-state index contributed by atoms with van der Waals surface area (Å²) in [4.78, 5) is 32.4. The Morgan fingerprint density at radius 2 is 1.93 bits per heavy atom. The highest BCUT2D eigenvalue weighted by Crippen LogP contribution is 2.27. The van der Waals surface area contributed by atoms with Crippen LogP contribution in [0.1, 0.15) is 60.7 Å².